The largest absolute Gasteiger partial charge is 0.507 e. The maximum absolute atomic E-state index is 12.7. The fraction of sp³-hybridized carbons (Fsp3) is 0.126. The number of aromatic nitrogens is 6. The van der Waals surface area contributed by atoms with Gasteiger partial charge in [-0.3, -0.25) is 72.6 Å². The van der Waals surface area contributed by atoms with Crippen LogP contribution in [0.1, 0.15) is 116 Å². The van der Waals surface area contributed by atoms with Crippen LogP contribution in [0.15, 0.2) is 215 Å². The van der Waals surface area contributed by atoms with Crippen LogP contribution in [-0.4, -0.2) is 204 Å². The predicted molar refractivity (Wildman–Crippen MR) is 490 cm³/mol. The molecule has 0 radical (unpaired) electrons. The van der Waals surface area contributed by atoms with Gasteiger partial charge in [0.2, 0.25) is 5.75 Å². The summed E-state index contributed by atoms with van der Waals surface area (Å²) in [6.45, 7) is 2.88. The number of aromatic hydroxyl groups is 7. The summed E-state index contributed by atoms with van der Waals surface area (Å²) in [6, 6.07) is 43.7. The summed E-state index contributed by atoms with van der Waals surface area (Å²) < 4.78 is 27.7. The molecule has 0 spiro atoms. The van der Waals surface area contributed by atoms with Crippen molar-refractivity contribution in [2.24, 2.45) is 19.8 Å². The van der Waals surface area contributed by atoms with E-state index >= 15 is 0 Å². The van der Waals surface area contributed by atoms with Crippen LogP contribution in [0.25, 0.3) is 44.0 Å². The number of likely N-dealkylation sites (N-methyl/N-ethyl adjacent to an activating group) is 1. The van der Waals surface area contributed by atoms with E-state index in [-0.39, 0.29) is 108 Å². The lowest BCUT2D eigenvalue weighted by Gasteiger charge is -2.32. The lowest BCUT2D eigenvalue weighted by Crippen LogP contribution is -2.47. The summed E-state index contributed by atoms with van der Waals surface area (Å²) in [5.74, 6) is 9.63. The molecule has 1 aliphatic heterocycles. The minimum absolute atomic E-state index is 0.000237. The molecule has 1 saturated heterocycles. The minimum atomic E-state index is -0.770. The van der Waals surface area contributed by atoms with Gasteiger partial charge < -0.3 is 79.5 Å². The fourth-order valence-corrected chi connectivity index (χ4v) is 13.0. The van der Waals surface area contributed by atoms with Crippen LogP contribution in [-0.2, 0) is 14.1 Å². The van der Waals surface area contributed by atoms with E-state index in [0.29, 0.717) is 112 Å². The molecule has 35 nitrogen and oxygen atoms in total. The first kappa shape index (κ1) is 100. The number of amides is 2. The van der Waals surface area contributed by atoms with Crippen LogP contribution in [0.5, 0.6) is 68.4 Å². The number of hydrogen-bond acceptors (Lipinski definition) is 31. The predicted octanol–water partition coefficient (Wildman–Crippen LogP) is 12.1. The molecular formula is C95H81BrN10O25S. The van der Waals surface area contributed by atoms with Crippen molar-refractivity contribution in [2.75, 3.05) is 68.8 Å². The number of aryl methyl sites for hydroxylation is 1. The zero-order chi connectivity index (χ0) is 96.4. The van der Waals surface area contributed by atoms with E-state index in [1.165, 1.54) is 126 Å². The number of nitro groups is 1. The van der Waals surface area contributed by atoms with Crippen LogP contribution in [0.4, 0.5) is 5.69 Å². The molecule has 14 rings (SSSR count). The number of thiazole rings is 1. The van der Waals surface area contributed by atoms with Crippen LogP contribution < -0.4 is 40.7 Å². The van der Waals surface area contributed by atoms with Crippen molar-refractivity contribution < 1.29 is 108 Å². The molecule has 0 saturated carbocycles. The zero-order valence-electron chi connectivity index (χ0n) is 71.3. The summed E-state index contributed by atoms with van der Waals surface area (Å²) in [7, 11) is 12.1. The van der Waals surface area contributed by atoms with Crippen molar-refractivity contribution in [2.45, 2.75) is 0 Å². The molecule has 1 fully saturated rings. The Morgan fingerprint density at radius 3 is 1.57 bits per heavy atom. The average Bonchev–Trinajstić information content (AvgIpc) is 0.925. The van der Waals surface area contributed by atoms with Gasteiger partial charge in [-0.1, -0.05) is 53.4 Å². The van der Waals surface area contributed by atoms with E-state index in [2.05, 4.69) is 64.4 Å². The summed E-state index contributed by atoms with van der Waals surface area (Å²) >= 11 is 4.39. The topological polar surface area (TPSA) is 513 Å². The van der Waals surface area contributed by atoms with Gasteiger partial charge in [0.25, 0.3) is 22.6 Å². The van der Waals surface area contributed by atoms with Crippen molar-refractivity contribution in [3.8, 4) is 136 Å². The molecule has 132 heavy (non-hydrogen) atoms. The van der Waals surface area contributed by atoms with Crippen molar-refractivity contribution in [3.05, 3.63) is 309 Å². The van der Waals surface area contributed by atoms with Crippen molar-refractivity contribution in [3.63, 3.8) is 0 Å². The van der Waals surface area contributed by atoms with Crippen LogP contribution >= 0.6 is 27.3 Å². The Kier molecular flexibility index (Phi) is 36.7. The van der Waals surface area contributed by atoms with Gasteiger partial charge in [-0.15, -0.1) is 0 Å². The molecule has 0 atom stereocenters. The number of aldehydes is 7. The highest BCUT2D eigenvalue weighted by Crippen LogP contribution is 2.41. The number of halogens is 1. The number of rotatable bonds is 19. The number of phenolic OH excluding ortho intramolecular Hbond substituents is 6. The highest BCUT2D eigenvalue weighted by Gasteiger charge is 2.25. The van der Waals surface area contributed by atoms with Gasteiger partial charge in [-0.05, 0) is 185 Å². The number of nitrogens with two attached hydrogens (primary N) is 1. The highest BCUT2D eigenvalue weighted by atomic mass is 79.9. The molecule has 13 aromatic rings. The van der Waals surface area contributed by atoms with Gasteiger partial charge >= 0.3 is 11.4 Å². The molecule has 6 heterocycles. The second-order valence-corrected chi connectivity index (χ2v) is 29.2. The van der Waals surface area contributed by atoms with Crippen LogP contribution in [0.3, 0.4) is 0 Å². The Labute approximate surface area is 764 Å². The molecule has 1 aliphatic rings. The number of piperazine rings is 1. The minimum Gasteiger partial charge on any atom is -0.507 e. The normalized spacial score (nSPS) is 10.8. The summed E-state index contributed by atoms with van der Waals surface area (Å²) in [6.07, 6.45) is 13.3. The summed E-state index contributed by atoms with van der Waals surface area (Å²) in [4.78, 5) is 155. The molecule has 5 aromatic heterocycles. The Morgan fingerprint density at radius 1 is 0.492 bits per heavy atom. The van der Waals surface area contributed by atoms with Gasteiger partial charge in [0.05, 0.1) is 101 Å². The smallest absolute Gasteiger partial charge is 0.330 e. The van der Waals surface area contributed by atoms with E-state index in [9.17, 15) is 98.6 Å². The number of nitro benzene ring substituents is 1. The quantitative estimate of drug-likeness (QED) is 0.0161. The van der Waals surface area contributed by atoms with Crippen molar-refractivity contribution in [1.82, 2.24) is 38.9 Å². The molecule has 0 bridgehead atoms. The SMILES string of the molecule is CN1CCN(C(=O)c2cccc(-c3cc(C=O)c(O)c([N+](=O)[O-])c3)c2)CC1.COc1cc(-c2ccccn2)cc(C=O)c1O.COc1cc(-c2cn(C)c(=O)n(C)c2=O)cc(C=O)c1O.COc1cc(C#Cc2cccnc2)cc(C=O)c1O.COc1ncc(-c2cc(C=O)c(O)c(OC)c2)s1.NC(=O)c1ccc(Br)c(C=O)c1O.O=Cc1cc(C#Cc2ccccn2)ccc1O. The van der Waals surface area contributed by atoms with E-state index in [4.69, 9.17) is 29.4 Å². The molecule has 0 aliphatic carbocycles. The Morgan fingerprint density at radius 2 is 1.03 bits per heavy atom. The van der Waals surface area contributed by atoms with E-state index in [1.807, 2.05) is 43.4 Å². The molecular weight excluding hydrogens is 1790 g/mol. The van der Waals surface area contributed by atoms with Gasteiger partial charge in [0.15, 0.2) is 90.0 Å². The van der Waals surface area contributed by atoms with Crippen LogP contribution in [0.2, 0.25) is 0 Å². The highest BCUT2D eigenvalue weighted by molar-refractivity contribution is 9.10. The third kappa shape index (κ3) is 26.2. The fourth-order valence-electron chi connectivity index (χ4n) is 11.9. The number of benzene rings is 8. The lowest BCUT2D eigenvalue weighted by molar-refractivity contribution is -0.385. The van der Waals surface area contributed by atoms with E-state index in [0.717, 1.165) is 39.2 Å². The third-order valence-electron chi connectivity index (χ3n) is 18.9. The van der Waals surface area contributed by atoms with Crippen molar-refractivity contribution >= 4 is 88.8 Å². The van der Waals surface area contributed by atoms with Gasteiger partial charge in [0, 0.05) is 116 Å². The molecule has 674 valence electrons. The van der Waals surface area contributed by atoms with Crippen molar-refractivity contribution in [1.29, 1.82) is 0 Å². The second kappa shape index (κ2) is 48.4. The molecule has 0 unspecified atom stereocenters. The Bertz CT molecular complexity index is 6700. The number of pyridine rings is 3. The van der Waals surface area contributed by atoms with E-state index in [1.54, 1.807) is 109 Å². The average molecular weight is 1870 g/mol. The first-order chi connectivity index (χ1) is 63.4. The summed E-state index contributed by atoms with van der Waals surface area (Å²) in [5.41, 5.74) is 10.9. The number of nitrogens with zero attached hydrogens (tertiary/aromatic N) is 9. The maximum Gasteiger partial charge on any atom is 0.330 e. The Balaban J connectivity index is 0.000000192. The number of phenols is 7. The molecule has 9 N–H and O–H groups in total. The van der Waals surface area contributed by atoms with Gasteiger partial charge in [-0.2, -0.15) is 0 Å². The van der Waals surface area contributed by atoms with Gasteiger partial charge in [-0.25, -0.2) is 14.8 Å². The summed E-state index contributed by atoms with van der Waals surface area (Å²) in [5, 5.41) is 79.1. The maximum atomic E-state index is 12.7. The molecule has 8 aromatic carbocycles. The van der Waals surface area contributed by atoms with Crippen LogP contribution in [0, 0.1) is 33.8 Å². The third-order valence-corrected chi connectivity index (χ3v) is 20.6. The number of methoxy groups -OCH3 is 5. The standard InChI is InChI=1S/C19H19N3O5.C15H11NO3.C14H14N2O5.C14H9NO2.C13H11NO3.C12H11NO4S.C8H6BrNO3/c1-20-5-7-21(8-6-20)19(25)14-4-2-3-13(9-14)15-10-16(12-23)18(24)17(11-15)22(26)27;1-19-14-8-12(7-13(10-17)15(14)18)5-4-11-3-2-6-16-9-11;1-15-6-10(13(19)16(2)14(15)20)8-4-9(7-17)12(18)11(5-8)21-3;16-10-12-9-11(5-7-14(12)17)4-6-13-3-1-2-8-15-13;1-17-12-7-9(6-10(8-15)13(12)16)11-4-2-3-5-14-11;1-16-9-4-7(3-8(6-14)11(9)15)10-5-13-12(17-2)18-10;9-6-2-1-4(8(10)13)7(12)5(6)3-11/h2-4,9-12,24H,5-8H2,1H3;2-3,6-10,18H,1H3;4-7,18H,1-3H3;1-3,5,7-10,17H;2-8,16H,1H3;3-6,15H,1-2H3;1-3,12H,(H2,10,13). The first-order valence-corrected chi connectivity index (χ1v) is 40.1. The lowest BCUT2D eigenvalue weighted by atomic mass is 9.99. The number of ether oxygens (including phenoxy) is 5. The van der Waals surface area contributed by atoms with Gasteiger partial charge in [0.1, 0.15) is 17.2 Å². The Hall–Kier alpha value is -17.3. The number of primary amides is 1. The first-order valence-electron chi connectivity index (χ1n) is 38.5. The monoisotopic (exact) mass is 1870 g/mol. The molecule has 37 heteroatoms. The number of hydrogen-bond donors (Lipinski definition) is 8. The number of carbonyl (C=O) groups is 9. The zero-order valence-corrected chi connectivity index (χ0v) is 73.7. The van der Waals surface area contributed by atoms with E-state index < -0.39 is 39.3 Å². The number of carbonyl (C=O) groups excluding carboxylic acids is 9. The molecule has 2 amide bonds. The second-order valence-electron chi connectivity index (χ2n) is 27.3.